The van der Waals surface area contributed by atoms with Crippen LogP contribution in [-0.2, 0) is 11.2 Å². The highest BCUT2D eigenvalue weighted by Gasteiger charge is 2.27. The van der Waals surface area contributed by atoms with Crippen LogP contribution in [0.1, 0.15) is 24.8 Å². The predicted octanol–water partition coefficient (Wildman–Crippen LogP) is 3.16. The van der Waals surface area contributed by atoms with Gasteiger partial charge in [-0.05, 0) is 31.4 Å². The van der Waals surface area contributed by atoms with Crippen LogP contribution in [0, 0.1) is 16.0 Å². The number of nitro groups is 1. The summed E-state index contributed by atoms with van der Waals surface area (Å²) >= 11 is 5.84. The smallest absolute Gasteiger partial charge is 0.272 e. The lowest BCUT2D eigenvalue weighted by Gasteiger charge is -2.08. The molecule has 0 radical (unpaired) electrons. The first-order chi connectivity index (χ1) is 8.08. The first-order valence-corrected chi connectivity index (χ1v) is 5.91. The lowest BCUT2D eigenvalue weighted by Crippen LogP contribution is -2.10. The summed E-state index contributed by atoms with van der Waals surface area (Å²) in [6.07, 6.45) is 2.73. The number of nitro benzene ring substituents is 1. The van der Waals surface area contributed by atoms with E-state index in [2.05, 4.69) is 0 Å². The lowest BCUT2D eigenvalue weighted by molar-refractivity contribution is -0.385. The highest BCUT2D eigenvalue weighted by Crippen LogP contribution is 2.30. The third-order valence-corrected chi connectivity index (χ3v) is 3.37. The molecule has 0 heterocycles. The van der Waals surface area contributed by atoms with E-state index in [1.807, 2.05) is 0 Å². The van der Waals surface area contributed by atoms with Gasteiger partial charge in [0.15, 0.2) is 0 Å². The second-order valence-electron chi connectivity index (χ2n) is 4.29. The van der Waals surface area contributed by atoms with Crippen molar-refractivity contribution in [3.05, 3.63) is 38.9 Å². The average molecular weight is 254 g/mol. The highest BCUT2D eigenvalue weighted by molar-refractivity contribution is 6.30. The van der Waals surface area contributed by atoms with Crippen molar-refractivity contribution in [1.82, 2.24) is 0 Å². The number of nitrogens with zero attached hydrogens (tertiary/aromatic N) is 1. The standard InChI is InChI=1S/C12H12ClNO3/c13-10-4-5-11(14(16)17)9(7-10)6-8-2-1-3-12(8)15/h4-5,7-8H,1-3,6H2. The van der Waals surface area contributed by atoms with Gasteiger partial charge in [-0.3, -0.25) is 14.9 Å². The molecule has 0 N–H and O–H groups in total. The Bertz CT molecular complexity index is 473. The third kappa shape index (κ3) is 2.64. The summed E-state index contributed by atoms with van der Waals surface area (Å²) in [5, 5.41) is 11.3. The van der Waals surface area contributed by atoms with Crippen LogP contribution < -0.4 is 0 Å². The summed E-state index contributed by atoms with van der Waals surface area (Å²) in [5.74, 6) is 0.131. The zero-order valence-electron chi connectivity index (χ0n) is 9.19. The van der Waals surface area contributed by atoms with Crippen molar-refractivity contribution in [3.63, 3.8) is 0 Å². The number of benzene rings is 1. The van der Waals surface area contributed by atoms with Gasteiger partial charge in [-0.15, -0.1) is 0 Å². The second-order valence-corrected chi connectivity index (χ2v) is 4.73. The normalized spacial score (nSPS) is 19.6. The molecule has 0 aliphatic heterocycles. The van der Waals surface area contributed by atoms with Crippen molar-refractivity contribution in [2.45, 2.75) is 25.7 Å². The number of carbonyl (C=O) groups is 1. The molecule has 1 saturated carbocycles. The van der Waals surface area contributed by atoms with Crippen molar-refractivity contribution in [2.75, 3.05) is 0 Å². The molecule has 2 rings (SSSR count). The van der Waals surface area contributed by atoms with Crippen LogP contribution in [0.15, 0.2) is 18.2 Å². The average Bonchev–Trinajstić information content (AvgIpc) is 2.64. The van der Waals surface area contributed by atoms with E-state index in [0.717, 1.165) is 12.8 Å². The van der Waals surface area contributed by atoms with Gasteiger partial charge in [-0.2, -0.15) is 0 Å². The molecule has 1 aromatic carbocycles. The van der Waals surface area contributed by atoms with E-state index in [9.17, 15) is 14.9 Å². The van der Waals surface area contributed by atoms with Crippen LogP contribution in [0.4, 0.5) is 5.69 Å². The van der Waals surface area contributed by atoms with Crippen molar-refractivity contribution < 1.29 is 9.72 Å². The molecule has 1 atom stereocenters. The molecule has 0 amide bonds. The summed E-state index contributed by atoms with van der Waals surface area (Å²) < 4.78 is 0. The molecule has 5 heteroatoms. The first kappa shape index (κ1) is 12.0. The second kappa shape index (κ2) is 4.84. The third-order valence-electron chi connectivity index (χ3n) is 3.14. The van der Waals surface area contributed by atoms with E-state index in [1.165, 1.54) is 12.1 Å². The van der Waals surface area contributed by atoms with E-state index in [1.54, 1.807) is 6.07 Å². The number of hydrogen-bond donors (Lipinski definition) is 0. The largest absolute Gasteiger partial charge is 0.299 e. The Hall–Kier alpha value is -1.42. The van der Waals surface area contributed by atoms with E-state index >= 15 is 0 Å². The van der Waals surface area contributed by atoms with Gasteiger partial charge in [0.1, 0.15) is 5.78 Å². The SMILES string of the molecule is O=C1CCCC1Cc1cc(Cl)ccc1[N+](=O)[O-]. The summed E-state index contributed by atoms with van der Waals surface area (Å²) in [6, 6.07) is 4.49. The molecule has 1 aliphatic carbocycles. The van der Waals surface area contributed by atoms with Gasteiger partial charge in [0.25, 0.3) is 5.69 Å². The summed E-state index contributed by atoms with van der Waals surface area (Å²) in [5.41, 5.74) is 0.608. The van der Waals surface area contributed by atoms with Gasteiger partial charge < -0.3 is 0 Å². The van der Waals surface area contributed by atoms with Crippen molar-refractivity contribution in [1.29, 1.82) is 0 Å². The number of halogens is 1. The Morgan fingerprint density at radius 1 is 1.47 bits per heavy atom. The molecular weight excluding hydrogens is 242 g/mol. The fourth-order valence-corrected chi connectivity index (χ4v) is 2.46. The molecule has 90 valence electrons. The molecular formula is C12H12ClNO3. The van der Waals surface area contributed by atoms with Gasteiger partial charge in [0.05, 0.1) is 4.92 Å². The minimum atomic E-state index is -0.426. The molecule has 0 spiro atoms. The van der Waals surface area contributed by atoms with E-state index in [-0.39, 0.29) is 17.4 Å². The number of hydrogen-bond acceptors (Lipinski definition) is 3. The number of Topliss-reactive ketones (excluding diaryl/α,β-unsaturated/α-hetero) is 1. The molecule has 1 aromatic rings. The van der Waals surface area contributed by atoms with Crippen LogP contribution in [0.3, 0.4) is 0 Å². The molecule has 1 fully saturated rings. The van der Waals surface area contributed by atoms with Gasteiger partial charge >= 0.3 is 0 Å². The quantitative estimate of drug-likeness (QED) is 0.614. The van der Waals surface area contributed by atoms with Crippen molar-refractivity contribution in [3.8, 4) is 0 Å². The minimum Gasteiger partial charge on any atom is -0.299 e. The maximum Gasteiger partial charge on any atom is 0.272 e. The topological polar surface area (TPSA) is 60.2 Å². The van der Waals surface area contributed by atoms with Crippen LogP contribution in [0.5, 0.6) is 0 Å². The predicted molar refractivity (Wildman–Crippen MR) is 64.2 cm³/mol. The van der Waals surface area contributed by atoms with Crippen LogP contribution in [-0.4, -0.2) is 10.7 Å². The van der Waals surface area contributed by atoms with E-state index in [0.29, 0.717) is 23.4 Å². The molecule has 1 aliphatic rings. The highest BCUT2D eigenvalue weighted by atomic mass is 35.5. The Morgan fingerprint density at radius 3 is 2.82 bits per heavy atom. The molecule has 0 aromatic heterocycles. The summed E-state index contributed by atoms with van der Waals surface area (Å²) in [4.78, 5) is 22.0. The summed E-state index contributed by atoms with van der Waals surface area (Å²) in [7, 11) is 0. The van der Waals surface area contributed by atoms with Crippen LogP contribution >= 0.6 is 11.6 Å². The Morgan fingerprint density at radius 2 is 2.24 bits per heavy atom. The number of rotatable bonds is 3. The maximum absolute atomic E-state index is 11.5. The lowest BCUT2D eigenvalue weighted by atomic mass is 9.96. The molecule has 17 heavy (non-hydrogen) atoms. The van der Waals surface area contributed by atoms with Gasteiger partial charge in [0, 0.05) is 29.0 Å². The minimum absolute atomic E-state index is 0.0501. The summed E-state index contributed by atoms with van der Waals surface area (Å²) in [6.45, 7) is 0. The fraction of sp³-hybridized carbons (Fsp3) is 0.417. The van der Waals surface area contributed by atoms with Gasteiger partial charge in [-0.25, -0.2) is 0 Å². The van der Waals surface area contributed by atoms with Gasteiger partial charge in [-0.1, -0.05) is 11.6 Å². The number of ketones is 1. The Kier molecular flexibility index (Phi) is 3.43. The molecule has 4 nitrogen and oxygen atoms in total. The maximum atomic E-state index is 11.5. The van der Waals surface area contributed by atoms with Crippen molar-refractivity contribution >= 4 is 23.1 Å². The zero-order chi connectivity index (χ0) is 12.4. The fourth-order valence-electron chi connectivity index (χ4n) is 2.26. The molecule has 1 unspecified atom stereocenters. The molecule has 0 bridgehead atoms. The molecule has 0 saturated heterocycles. The van der Waals surface area contributed by atoms with Crippen LogP contribution in [0.25, 0.3) is 0 Å². The monoisotopic (exact) mass is 253 g/mol. The Balaban J connectivity index is 2.27. The first-order valence-electron chi connectivity index (χ1n) is 5.53. The number of carbonyl (C=O) groups excluding carboxylic acids is 1. The Labute approximate surface area is 104 Å². The van der Waals surface area contributed by atoms with E-state index < -0.39 is 4.92 Å². The van der Waals surface area contributed by atoms with E-state index in [4.69, 9.17) is 11.6 Å². The van der Waals surface area contributed by atoms with Crippen molar-refractivity contribution in [2.24, 2.45) is 5.92 Å². The van der Waals surface area contributed by atoms with Gasteiger partial charge in [0.2, 0.25) is 0 Å². The van der Waals surface area contributed by atoms with Crippen LogP contribution in [0.2, 0.25) is 5.02 Å². The zero-order valence-corrected chi connectivity index (χ0v) is 9.94.